The zero-order chi connectivity index (χ0) is 18.6. The molecule has 0 N–H and O–H groups in total. The minimum Gasteiger partial charge on any atom is -0.445 e. The van der Waals surface area contributed by atoms with Crippen LogP contribution in [0.4, 0.5) is 0 Å². The number of aromatic nitrogens is 4. The Morgan fingerprint density at radius 2 is 2.04 bits per heavy atom. The molecule has 0 aliphatic rings. The predicted octanol–water partition coefficient (Wildman–Crippen LogP) is 2.67. The number of pyridine rings is 1. The minimum absolute atomic E-state index is 0.0209. The second kappa shape index (κ2) is 8.05. The lowest BCUT2D eigenvalue weighted by atomic mass is 10.3. The van der Waals surface area contributed by atoms with Crippen molar-refractivity contribution >= 4 is 25.2 Å². The van der Waals surface area contributed by atoms with Crippen LogP contribution in [0.25, 0.3) is 0 Å². The number of hydrogen-bond acceptors (Lipinski definition) is 8. The van der Waals surface area contributed by atoms with Crippen molar-refractivity contribution in [3.05, 3.63) is 40.4 Å². The van der Waals surface area contributed by atoms with E-state index in [-0.39, 0.29) is 5.69 Å². The van der Waals surface area contributed by atoms with E-state index in [2.05, 4.69) is 15.3 Å². The number of ether oxygens (including phenoxy) is 1. The Bertz CT molecular complexity index is 787. The molecule has 1 unspecified atom stereocenters. The van der Waals surface area contributed by atoms with Gasteiger partial charge in [-0.2, -0.15) is 0 Å². The van der Waals surface area contributed by atoms with Crippen LogP contribution in [0.15, 0.2) is 18.3 Å². The lowest BCUT2D eigenvalue weighted by Gasteiger charge is -2.20. The van der Waals surface area contributed by atoms with Gasteiger partial charge in [-0.05, 0) is 25.5 Å². The van der Waals surface area contributed by atoms with Crippen LogP contribution in [0, 0.1) is 6.92 Å². The molecule has 0 amide bonds. The van der Waals surface area contributed by atoms with E-state index < -0.39 is 19.4 Å². The smallest absolute Gasteiger partial charge is 0.370 e. The molecular formula is C14H18ClN4O5P. The highest BCUT2D eigenvalue weighted by Gasteiger charge is 2.34. The predicted molar refractivity (Wildman–Crippen MR) is 89.6 cm³/mol. The molecule has 0 saturated carbocycles. The van der Waals surface area contributed by atoms with Gasteiger partial charge in [0.25, 0.3) is 0 Å². The number of carbonyl (C=O) groups excluding carboxylic acids is 1. The number of carbonyl (C=O) groups is 1. The molecule has 0 aliphatic carbocycles. The summed E-state index contributed by atoms with van der Waals surface area (Å²) in [5.41, 5.74) is 1.36. The summed E-state index contributed by atoms with van der Waals surface area (Å²) in [6, 6.07) is 3.46. The third-order valence-electron chi connectivity index (χ3n) is 3.53. The van der Waals surface area contributed by atoms with Gasteiger partial charge in [0.15, 0.2) is 11.5 Å². The van der Waals surface area contributed by atoms with Crippen molar-refractivity contribution < 1.29 is 23.1 Å². The zero-order valence-corrected chi connectivity index (χ0v) is 15.8. The first-order chi connectivity index (χ1) is 11.8. The maximum Gasteiger partial charge on any atom is 0.370 e. The highest BCUT2D eigenvalue weighted by molar-refractivity contribution is 7.54. The molecule has 0 aliphatic heterocycles. The summed E-state index contributed by atoms with van der Waals surface area (Å²) in [6.07, 6.45) is 1.61. The van der Waals surface area contributed by atoms with E-state index in [1.165, 1.54) is 25.8 Å². The maximum absolute atomic E-state index is 12.3. The van der Waals surface area contributed by atoms with Crippen molar-refractivity contribution in [2.24, 2.45) is 0 Å². The fraction of sp³-hybridized carbons (Fsp3) is 0.429. The van der Waals surface area contributed by atoms with Crippen molar-refractivity contribution in [1.82, 2.24) is 20.0 Å². The van der Waals surface area contributed by atoms with E-state index in [1.807, 2.05) is 0 Å². The van der Waals surface area contributed by atoms with Crippen molar-refractivity contribution in [1.29, 1.82) is 0 Å². The Balaban J connectivity index is 2.13. The second-order valence-electron chi connectivity index (χ2n) is 5.08. The quantitative estimate of drug-likeness (QED) is 0.405. The summed E-state index contributed by atoms with van der Waals surface area (Å²) in [5, 5.41) is 8.16. The molecule has 0 fully saturated rings. The van der Waals surface area contributed by atoms with Gasteiger partial charge in [0, 0.05) is 20.4 Å². The normalized spacial score (nSPS) is 12.8. The van der Waals surface area contributed by atoms with E-state index in [0.29, 0.717) is 17.4 Å². The molecule has 2 aromatic rings. The summed E-state index contributed by atoms with van der Waals surface area (Å²) in [6.45, 7) is 3.46. The third-order valence-corrected chi connectivity index (χ3v) is 5.77. The van der Waals surface area contributed by atoms with Gasteiger partial charge in [-0.3, -0.25) is 4.57 Å². The number of nitrogens with zero attached hydrogens (tertiary/aromatic N) is 4. The molecule has 11 heteroatoms. The largest absolute Gasteiger partial charge is 0.445 e. The van der Waals surface area contributed by atoms with Gasteiger partial charge in [0.05, 0.1) is 12.2 Å². The van der Waals surface area contributed by atoms with E-state index in [9.17, 15) is 9.36 Å². The van der Waals surface area contributed by atoms with Gasteiger partial charge in [0.1, 0.15) is 5.15 Å². The van der Waals surface area contributed by atoms with Crippen molar-refractivity contribution in [2.45, 2.75) is 26.2 Å². The van der Waals surface area contributed by atoms with Crippen LogP contribution in [-0.4, -0.2) is 46.0 Å². The number of halogens is 1. The summed E-state index contributed by atoms with van der Waals surface area (Å²) in [5.74, 6) is -1.85. The fourth-order valence-electron chi connectivity index (χ4n) is 2.02. The van der Waals surface area contributed by atoms with E-state index >= 15 is 0 Å². The van der Waals surface area contributed by atoms with Crippen LogP contribution < -0.4 is 0 Å². The topological polar surface area (TPSA) is 105 Å². The lowest BCUT2D eigenvalue weighted by Crippen LogP contribution is -2.18. The monoisotopic (exact) mass is 388 g/mol. The summed E-state index contributed by atoms with van der Waals surface area (Å²) in [4.78, 5) is 16.3. The van der Waals surface area contributed by atoms with Crippen LogP contribution in [0.2, 0.25) is 5.15 Å². The maximum atomic E-state index is 12.3. The molecule has 0 bridgehead atoms. The number of rotatable bonds is 7. The van der Waals surface area contributed by atoms with E-state index in [1.54, 1.807) is 25.3 Å². The Morgan fingerprint density at radius 3 is 2.60 bits per heavy atom. The van der Waals surface area contributed by atoms with Gasteiger partial charge >= 0.3 is 13.6 Å². The lowest BCUT2D eigenvalue weighted by molar-refractivity contribution is 0.0406. The first-order valence-electron chi connectivity index (χ1n) is 7.23. The van der Waals surface area contributed by atoms with Gasteiger partial charge < -0.3 is 13.8 Å². The van der Waals surface area contributed by atoms with E-state index in [0.717, 1.165) is 5.56 Å². The molecule has 2 aromatic heterocycles. The Labute approximate surface area is 149 Å². The SMILES string of the molecule is COP(=O)(OC)C(C)OC(=O)c1nnn(Cc2ccc(Cl)nc2)c1C. The summed E-state index contributed by atoms with van der Waals surface area (Å²) in [7, 11) is -1.10. The Morgan fingerprint density at radius 1 is 1.36 bits per heavy atom. The second-order valence-corrected chi connectivity index (χ2v) is 8.00. The van der Waals surface area contributed by atoms with Gasteiger partial charge in [0.2, 0.25) is 0 Å². The Hall–Kier alpha value is -1.80. The third kappa shape index (κ3) is 4.43. The molecule has 136 valence electrons. The van der Waals surface area contributed by atoms with Crippen LogP contribution in [0.1, 0.15) is 28.7 Å². The molecule has 0 spiro atoms. The molecule has 1 atom stereocenters. The molecule has 0 aromatic carbocycles. The van der Waals surface area contributed by atoms with Crippen LogP contribution in [-0.2, 0) is 24.9 Å². The van der Waals surface area contributed by atoms with Gasteiger partial charge in [-0.15, -0.1) is 5.10 Å². The van der Waals surface area contributed by atoms with Crippen LogP contribution in [0.5, 0.6) is 0 Å². The average molecular weight is 389 g/mol. The van der Waals surface area contributed by atoms with Gasteiger partial charge in [-0.1, -0.05) is 22.9 Å². The summed E-state index contributed by atoms with van der Waals surface area (Å²) >= 11 is 5.75. The first-order valence-corrected chi connectivity index (χ1v) is 9.22. The zero-order valence-electron chi connectivity index (χ0n) is 14.2. The molecule has 9 nitrogen and oxygen atoms in total. The molecule has 2 rings (SSSR count). The summed E-state index contributed by atoms with van der Waals surface area (Å²) < 4.78 is 28.5. The number of esters is 1. The van der Waals surface area contributed by atoms with Crippen LogP contribution >= 0.6 is 19.2 Å². The van der Waals surface area contributed by atoms with Gasteiger partial charge in [-0.25, -0.2) is 14.5 Å². The molecule has 0 saturated heterocycles. The highest BCUT2D eigenvalue weighted by Crippen LogP contribution is 2.51. The minimum atomic E-state index is -3.53. The molecule has 0 radical (unpaired) electrons. The van der Waals surface area contributed by atoms with Crippen LogP contribution in [0.3, 0.4) is 0 Å². The average Bonchev–Trinajstić information content (AvgIpc) is 2.96. The first kappa shape index (κ1) is 19.5. The number of hydrogen-bond donors (Lipinski definition) is 0. The standard InChI is InChI=1S/C14H18ClN4O5P/c1-9-13(14(20)24-10(2)25(21,22-3)23-4)17-18-19(9)8-11-5-6-12(15)16-7-11/h5-7,10H,8H2,1-4H3. The van der Waals surface area contributed by atoms with Crippen molar-refractivity contribution in [3.8, 4) is 0 Å². The molecule has 25 heavy (non-hydrogen) atoms. The fourth-order valence-corrected chi connectivity index (χ4v) is 3.10. The molecular weight excluding hydrogens is 371 g/mol. The van der Waals surface area contributed by atoms with E-state index in [4.69, 9.17) is 25.4 Å². The Kier molecular flexibility index (Phi) is 6.29. The highest BCUT2D eigenvalue weighted by atomic mass is 35.5. The molecule has 2 heterocycles. The van der Waals surface area contributed by atoms with Crippen molar-refractivity contribution in [2.75, 3.05) is 14.2 Å². The van der Waals surface area contributed by atoms with Crippen molar-refractivity contribution in [3.63, 3.8) is 0 Å².